The highest BCUT2D eigenvalue weighted by Gasteiger charge is 2.47. The summed E-state index contributed by atoms with van der Waals surface area (Å²) in [5.74, 6) is 0. The average Bonchev–Trinajstić information content (AvgIpc) is 3.01. The van der Waals surface area contributed by atoms with Crippen molar-refractivity contribution < 1.29 is 18.3 Å². The third-order valence-electron chi connectivity index (χ3n) is 4.18. The maximum atomic E-state index is 12.8. The molecule has 2 atom stereocenters. The zero-order valence-electron chi connectivity index (χ0n) is 12.1. The molecule has 1 aromatic heterocycles. The van der Waals surface area contributed by atoms with Crippen LogP contribution in [0.15, 0.2) is 30.5 Å². The van der Waals surface area contributed by atoms with Gasteiger partial charge in [0.05, 0.1) is 6.04 Å². The van der Waals surface area contributed by atoms with Crippen molar-refractivity contribution in [2.45, 2.75) is 31.2 Å². The first-order chi connectivity index (χ1) is 10.9. The van der Waals surface area contributed by atoms with E-state index in [1.165, 1.54) is 6.20 Å². The van der Waals surface area contributed by atoms with E-state index < -0.39 is 18.3 Å². The predicted octanol–water partition coefficient (Wildman–Crippen LogP) is 3.00. The predicted molar refractivity (Wildman–Crippen MR) is 78.9 cm³/mol. The Bertz CT molecular complexity index is 769. The Kier molecular flexibility index (Phi) is 3.86. The van der Waals surface area contributed by atoms with Crippen LogP contribution in [0.4, 0.5) is 18.9 Å². The van der Waals surface area contributed by atoms with E-state index >= 15 is 0 Å². The average molecular weight is 321 g/mol. The van der Waals surface area contributed by atoms with Crippen molar-refractivity contribution in [2.24, 2.45) is 0 Å². The Balaban J connectivity index is 1.98. The molecular weight excluding hydrogens is 307 g/mol. The topological polar surface area (TPSA) is 60.2 Å². The number of aromatic nitrogens is 1. The number of nitrogens with zero attached hydrogens (tertiary/aromatic N) is 3. The van der Waals surface area contributed by atoms with Gasteiger partial charge >= 0.3 is 6.18 Å². The minimum absolute atomic E-state index is 0.280. The highest BCUT2D eigenvalue weighted by atomic mass is 19.4. The number of pyridine rings is 1. The van der Waals surface area contributed by atoms with Crippen molar-refractivity contribution in [1.82, 2.24) is 4.98 Å². The lowest BCUT2D eigenvalue weighted by Crippen LogP contribution is -2.47. The molecule has 1 aliphatic heterocycles. The summed E-state index contributed by atoms with van der Waals surface area (Å²) in [6, 6.07) is 7.82. The van der Waals surface area contributed by atoms with Crippen molar-refractivity contribution in [2.75, 3.05) is 11.4 Å². The molecule has 7 heteroatoms. The molecule has 1 aromatic carbocycles. The lowest BCUT2D eigenvalue weighted by molar-refractivity contribution is -0.209. The second kappa shape index (κ2) is 5.70. The number of aliphatic hydroxyl groups excluding tert-OH is 1. The summed E-state index contributed by atoms with van der Waals surface area (Å²) in [6.07, 6.45) is -4.62. The summed E-state index contributed by atoms with van der Waals surface area (Å²) >= 11 is 0. The second-order valence-electron chi connectivity index (χ2n) is 5.57. The number of nitriles is 1. The van der Waals surface area contributed by atoms with E-state index in [4.69, 9.17) is 5.26 Å². The van der Waals surface area contributed by atoms with E-state index in [1.54, 1.807) is 29.2 Å². The maximum absolute atomic E-state index is 12.8. The van der Waals surface area contributed by atoms with Crippen molar-refractivity contribution >= 4 is 16.5 Å². The van der Waals surface area contributed by atoms with E-state index in [0.29, 0.717) is 30.5 Å². The van der Waals surface area contributed by atoms with Crippen molar-refractivity contribution in [3.05, 3.63) is 36.2 Å². The van der Waals surface area contributed by atoms with Crippen LogP contribution in [0.1, 0.15) is 18.5 Å². The van der Waals surface area contributed by atoms with Crippen LogP contribution in [-0.4, -0.2) is 35.0 Å². The maximum Gasteiger partial charge on any atom is 0.416 e. The van der Waals surface area contributed by atoms with E-state index in [1.807, 2.05) is 6.07 Å². The third kappa shape index (κ3) is 2.82. The first-order valence-electron chi connectivity index (χ1n) is 7.22. The van der Waals surface area contributed by atoms with Gasteiger partial charge in [-0.25, -0.2) is 4.98 Å². The standard InChI is InChI=1S/C16H14F3N3O/c17-16(18,19)15(23)14-2-1-7-22(14)11-3-4-12-10(8-11)5-6-21-13(12)9-20/h3-6,8,14-15,23H,1-2,7H2/t14-,15+/m1/s1. The van der Waals surface area contributed by atoms with Crippen LogP contribution in [0, 0.1) is 11.3 Å². The number of anilines is 1. The molecule has 1 aliphatic rings. The summed E-state index contributed by atoms with van der Waals surface area (Å²) in [6.45, 7) is 0.458. The fraction of sp³-hybridized carbons (Fsp3) is 0.375. The van der Waals surface area contributed by atoms with Gasteiger partial charge in [0.25, 0.3) is 0 Å². The quantitative estimate of drug-likeness (QED) is 0.924. The summed E-state index contributed by atoms with van der Waals surface area (Å²) < 4.78 is 38.5. The first-order valence-corrected chi connectivity index (χ1v) is 7.22. The minimum atomic E-state index is -4.64. The number of hydrogen-bond donors (Lipinski definition) is 1. The van der Waals surface area contributed by atoms with Crippen molar-refractivity contribution in [3.8, 4) is 6.07 Å². The monoisotopic (exact) mass is 321 g/mol. The molecule has 1 saturated heterocycles. The lowest BCUT2D eigenvalue weighted by Gasteiger charge is -2.31. The van der Waals surface area contributed by atoms with Gasteiger partial charge in [-0.1, -0.05) is 0 Å². The Hall–Kier alpha value is -2.33. The zero-order valence-corrected chi connectivity index (χ0v) is 12.1. The van der Waals surface area contributed by atoms with E-state index in [2.05, 4.69) is 4.98 Å². The molecule has 120 valence electrons. The van der Waals surface area contributed by atoms with E-state index in [-0.39, 0.29) is 5.69 Å². The molecule has 3 rings (SSSR count). The molecule has 0 amide bonds. The number of halogens is 3. The number of fused-ring (bicyclic) bond motifs is 1. The Morgan fingerprint density at radius 2 is 2.13 bits per heavy atom. The molecule has 4 nitrogen and oxygen atoms in total. The van der Waals surface area contributed by atoms with Gasteiger partial charge in [0.1, 0.15) is 11.8 Å². The molecule has 2 aromatic rings. The van der Waals surface area contributed by atoms with Crippen LogP contribution < -0.4 is 4.90 Å². The highest BCUT2D eigenvalue weighted by molar-refractivity contribution is 5.89. The molecule has 0 radical (unpaired) electrons. The normalized spacial score (nSPS) is 19.8. The summed E-state index contributed by atoms with van der Waals surface area (Å²) in [5.41, 5.74) is 0.890. The molecule has 23 heavy (non-hydrogen) atoms. The van der Waals surface area contributed by atoms with Crippen LogP contribution in [0.2, 0.25) is 0 Å². The Morgan fingerprint density at radius 3 is 2.83 bits per heavy atom. The first kappa shape index (κ1) is 15.6. The van der Waals surface area contributed by atoms with Crippen LogP contribution in [0.5, 0.6) is 0 Å². The van der Waals surface area contributed by atoms with Crippen molar-refractivity contribution in [3.63, 3.8) is 0 Å². The van der Waals surface area contributed by atoms with Crippen LogP contribution in [-0.2, 0) is 0 Å². The summed E-state index contributed by atoms with van der Waals surface area (Å²) in [5, 5.41) is 20.0. The second-order valence-corrected chi connectivity index (χ2v) is 5.57. The fourth-order valence-corrected chi connectivity index (χ4v) is 3.09. The number of benzene rings is 1. The fourth-order valence-electron chi connectivity index (χ4n) is 3.09. The van der Waals surface area contributed by atoms with Gasteiger partial charge < -0.3 is 10.0 Å². The Morgan fingerprint density at radius 1 is 1.35 bits per heavy atom. The van der Waals surface area contributed by atoms with Gasteiger partial charge in [0.15, 0.2) is 6.10 Å². The summed E-state index contributed by atoms with van der Waals surface area (Å²) in [4.78, 5) is 5.55. The van der Waals surface area contributed by atoms with Crippen LogP contribution in [0.3, 0.4) is 0 Å². The molecule has 0 spiro atoms. The highest BCUT2D eigenvalue weighted by Crippen LogP contribution is 2.35. The SMILES string of the molecule is N#Cc1nccc2cc(N3CCC[C@@H]3[C@H](O)C(F)(F)F)ccc12. The minimum Gasteiger partial charge on any atom is -0.382 e. The third-order valence-corrected chi connectivity index (χ3v) is 4.18. The largest absolute Gasteiger partial charge is 0.416 e. The molecule has 1 N–H and O–H groups in total. The number of aliphatic hydroxyl groups is 1. The molecule has 0 aliphatic carbocycles. The molecule has 1 fully saturated rings. The van der Waals surface area contributed by atoms with Gasteiger partial charge in [-0.2, -0.15) is 18.4 Å². The molecule has 0 saturated carbocycles. The number of hydrogen-bond acceptors (Lipinski definition) is 4. The van der Waals surface area contributed by atoms with Crippen molar-refractivity contribution in [1.29, 1.82) is 5.26 Å². The number of rotatable bonds is 2. The zero-order chi connectivity index (χ0) is 16.6. The molecule has 0 bridgehead atoms. The van der Waals surface area contributed by atoms with Crippen LogP contribution in [0.25, 0.3) is 10.8 Å². The van der Waals surface area contributed by atoms with Gasteiger partial charge in [0, 0.05) is 23.8 Å². The number of alkyl halides is 3. The summed E-state index contributed by atoms with van der Waals surface area (Å²) in [7, 11) is 0. The lowest BCUT2D eigenvalue weighted by atomic mass is 10.1. The van der Waals surface area contributed by atoms with E-state index in [0.717, 1.165) is 5.39 Å². The Labute approximate surface area is 130 Å². The smallest absolute Gasteiger partial charge is 0.382 e. The van der Waals surface area contributed by atoms with Crippen LogP contribution >= 0.6 is 0 Å². The molecule has 2 heterocycles. The van der Waals surface area contributed by atoms with Gasteiger partial charge in [0.2, 0.25) is 0 Å². The molecular formula is C16H14F3N3O. The van der Waals surface area contributed by atoms with Gasteiger partial charge in [-0.15, -0.1) is 0 Å². The molecule has 0 unspecified atom stereocenters. The van der Waals surface area contributed by atoms with E-state index in [9.17, 15) is 18.3 Å². The van der Waals surface area contributed by atoms with Gasteiger partial charge in [-0.05, 0) is 42.5 Å². The van der Waals surface area contributed by atoms with Gasteiger partial charge in [-0.3, -0.25) is 0 Å².